The summed E-state index contributed by atoms with van der Waals surface area (Å²) in [6, 6.07) is 19.4. The van der Waals surface area contributed by atoms with Crippen molar-refractivity contribution in [2.45, 2.75) is 45.2 Å². The fourth-order valence-electron chi connectivity index (χ4n) is 4.21. The fraction of sp³-hybridized carbons (Fsp3) is 0.308. The number of rotatable bonds is 9. The van der Waals surface area contributed by atoms with Gasteiger partial charge >= 0.3 is 0 Å². The van der Waals surface area contributed by atoms with Gasteiger partial charge in [0, 0.05) is 22.9 Å². The summed E-state index contributed by atoms with van der Waals surface area (Å²) in [4.78, 5) is 19.2. The third kappa shape index (κ3) is 4.61. The van der Waals surface area contributed by atoms with E-state index in [2.05, 4.69) is 41.2 Å². The second kappa shape index (κ2) is 10.1. The summed E-state index contributed by atoms with van der Waals surface area (Å²) in [7, 11) is 0. The topological polar surface area (TPSA) is 67.2 Å². The van der Waals surface area contributed by atoms with Gasteiger partial charge in [0.2, 0.25) is 0 Å². The second-order valence-electron chi connectivity index (χ2n) is 7.95. The average molecular weight is 448 g/mol. The maximum absolute atomic E-state index is 13.0. The maximum atomic E-state index is 13.0. The number of hydrogen-bond acceptors (Lipinski definition) is 4. The standard InChI is InChI=1S/C26H29N3O2S/c1-3-20(4-2)29-24-13-12-19(15-22(24)27-25(29)16-21-11-8-14-32-21)26(31)28-23(17-30)18-9-6-5-7-10-18/h5-15,20,23,30H,3-4,16-17H2,1-2H3,(H,28,31). The minimum atomic E-state index is -0.448. The molecule has 32 heavy (non-hydrogen) atoms. The van der Waals surface area contributed by atoms with E-state index < -0.39 is 6.04 Å². The highest BCUT2D eigenvalue weighted by molar-refractivity contribution is 7.09. The first-order valence-corrected chi connectivity index (χ1v) is 12.0. The van der Waals surface area contributed by atoms with Crippen molar-refractivity contribution in [2.75, 3.05) is 6.61 Å². The molecular formula is C26H29N3O2S. The zero-order chi connectivity index (χ0) is 22.5. The molecule has 1 unspecified atom stereocenters. The third-order valence-electron chi connectivity index (χ3n) is 5.93. The lowest BCUT2D eigenvalue weighted by molar-refractivity contribution is 0.0916. The lowest BCUT2D eigenvalue weighted by Gasteiger charge is -2.19. The van der Waals surface area contributed by atoms with Crippen LogP contribution in [0.25, 0.3) is 11.0 Å². The van der Waals surface area contributed by atoms with Crippen molar-refractivity contribution in [1.29, 1.82) is 0 Å². The van der Waals surface area contributed by atoms with Crippen molar-refractivity contribution in [3.05, 3.63) is 87.9 Å². The molecule has 0 saturated heterocycles. The van der Waals surface area contributed by atoms with Crippen LogP contribution in [0.15, 0.2) is 66.0 Å². The predicted octanol–water partition coefficient (Wildman–Crippen LogP) is 5.51. The second-order valence-corrected chi connectivity index (χ2v) is 8.98. The number of carbonyl (C=O) groups excluding carboxylic acids is 1. The van der Waals surface area contributed by atoms with E-state index in [4.69, 9.17) is 4.98 Å². The Hall–Kier alpha value is -2.96. The normalized spacial score (nSPS) is 12.4. The smallest absolute Gasteiger partial charge is 0.251 e. The van der Waals surface area contributed by atoms with Crippen LogP contribution >= 0.6 is 11.3 Å². The molecule has 4 aromatic rings. The van der Waals surface area contributed by atoms with Crippen molar-refractivity contribution in [1.82, 2.24) is 14.9 Å². The van der Waals surface area contributed by atoms with Gasteiger partial charge in [0.25, 0.3) is 5.91 Å². The largest absolute Gasteiger partial charge is 0.394 e. The van der Waals surface area contributed by atoms with Crippen LogP contribution in [0, 0.1) is 0 Å². The number of hydrogen-bond donors (Lipinski definition) is 2. The SMILES string of the molecule is CCC(CC)n1c(Cc2cccs2)nc2cc(C(=O)NC(CO)c3ccccc3)ccc21. The summed E-state index contributed by atoms with van der Waals surface area (Å²) < 4.78 is 2.34. The Bertz CT molecular complexity index is 1160. The predicted molar refractivity (Wildman–Crippen MR) is 130 cm³/mol. The Morgan fingerprint density at radius 1 is 1.09 bits per heavy atom. The summed E-state index contributed by atoms with van der Waals surface area (Å²) in [5, 5.41) is 14.8. The van der Waals surface area contributed by atoms with Gasteiger partial charge < -0.3 is 15.0 Å². The fourth-order valence-corrected chi connectivity index (χ4v) is 4.91. The van der Waals surface area contributed by atoms with Crippen LogP contribution in [-0.4, -0.2) is 27.2 Å². The molecule has 2 heterocycles. The zero-order valence-corrected chi connectivity index (χ0v) is 19.3. The van der Waals surface area contributed by atoms with Crippen LogP contribution in [0.5, 0.6) is 0 Å². The number of imidazole rings is 1. The number of aromatic nitrogens is 2. The molecule has 2 N–H and O–H groups in total. The molecule has 0 spiro atoms. The molecule has 0 aliphatic rings. The highest BCUT2D eigenvalue weighted by Gasteiger charge is 2.20. The lowest BCUT2D eigenvalue weighted by atomic mass is 10.1. The van der Waals surface area contributed by atoms with Gasteiger partial charge in [-0.15, -0.1) is 11.3 Å². The van der Waals surface area contributed by atoms with Crippen molar-refractivity contribution in [2.24, 2.45) is 0 Å². The number of carbonyl (C=O) groups is 1. The van der Waals surface area contributed by atoms with Crippen molar-refractivity contribution in [3.63, 3.8) is 0 Å². The van der Waals surface area contributed by atoms with Crippen LogP contribution < -0.4 is 5.32 Å². The molecule has 0 bridgehead atoms. The first-order valence-electron chi connectivity index (χ1n) is 11.1. The summed E-state index contributed by atoms with van der Waals surface area (Å²) in [6.45, 7) is 4.25. The third-order valence-corrected chi connectivity index (χ3v) is 6.81. The molecule has 1 atom stereocenters. The molecule has 1 amide bonds. The summed E-state index contributed by atoms with van der Waals surface area (Å²) in [5.41, 5.74) is 3.31. The van der Waals surface area contributed by atoms with Gasteiger partial charge in [-0.25, -0.2) is 4.98 Å². The van der Waals surface area contributed by atoms with Gasteiger partial charge in [-0.1, -0.05) is 50.2 Å². The first-order chi connectivity index (χ1) is 15.6. The molecule has 166 valence electrons. The molecular weight excluding hydrogens is 418 g/mol. The quantitative estimate of drug-likeness (QED) is 0.355. The molecule has 0 fully saturated rings. The Morgan fingerprint density at radius 3 is 2.53 bits per heavy atom. The molecule has 5 nitrogen and oxygen atoms in total. The van der Waals surface area contributed by atoms with Gasteiger partial charge in [0.15, 0.2) is 0 Å². The Kier molecular flexibility index (Phi) is 7.02. The minimum absolute atomic E-state index is 0.160. The highest BCUT2D eigenvalue weighted by atomic mass is 32.1. The molecule has 6 heteroatoms. The molecule has 0 saturated carbocycles. The summed E-state index contributed by atoms with van der Waals surface area (Å²) in [5.74, 6) is 0.818. The summed E-state index contributed by atoms with van der Waals surface area (Å²) >= 11 is 1.74. The Balaban J connectivity index is 1.66. The Labute approximate surface area is 192 Å². The first kappa shape index (κ1) is 22.2. The van der Waals surface area contributed by atoms with Crippen molar-refractivity contribution >= 4 is 28.3 Å². The number of thiophene rings is 1. The van der Waals surface area contributed by atoms with Crippen molar-refractivity contribution in [3.8, 4) is 0 Å². The summed E-state index contributed by atoms with van der Waals surface area (Å²) in [6.07, 6.45) is 2.83. The van der Waals surface area contributed by atoms with E-state index in [-0.39, 0.29) is 12.5 Å². The molecule has 4 rings (SSSR count). The lowest BCUT2D eigenvalue weighted by Crippen LogP contribution is -2.30. The van der Waals surface area contributed by atoms with Crippen molar-refractivity contribution < 1.29 is 9.90 Å². The number of amides is 1. The van der Waals surface area contributed by atoms with E-state index in [1.54, 1.807) is 11.3 Å². The number of benzene rings is 2. The van der Waals surface area contributed by atoms with Crippen LogP contribution in [0.2, 0.25) is 0 Å². The van der Waals surface area contributed by atoms with E-state index in [9.17, 15) is 9.90 Å². The monoisotopic (exact) mass is 447 g/mol. The van der Waals surface area contributed by atoms with E-state index in [1.807, 2.05) is 48.5 Å². The number of fused-ring (bicyclic) bond motifs is 1. The zero-order valence-electron chi connectivity index (χ0n) is 18.5. The molecule has 2 aromatic heterocycles. The van der Waals surface area contributed by atoms with E-state index in [0.717, 1.165) is 41.7 Å². The van der Waals surface area contributed by atoms with Crippen LogP contribution in [0.4, 0.5) is 0 Å². The number of nitrogens with one attached hydrogen (secondary N) is 1. The van der Waals surface area contributed by atoms with Crippen LogP contribution in [-0.2, 0) is 6.42 Å². The average Bonchev–Trinajstić information content (AvgIpc) is 3.46. The van der Waals surface area contributed by atoms with E-state index in [1.165, 1.54) is 4.88 Å². The molecule has 0 aliphatic carbocycles. The minimum Gasteiger partial charge on any atom is -0.394 e. The maximum Gasteiger partial charge on any atom is 0.251 e. The highest BCUT2D eigenvalue weighted by Crippen LogP contribution is 2.28. The molecule has 2 aromatic carbocycles. The molecule has 0 radical (unpaired) electrons. The van der Waals surface area contributed by atoms with Crippen LogP contribution in [0.3, 0.4) is 0 Å². The van der Waals surface area contributed by atoms with Gasteiger partial charge in [0.05, 0.1) is 23.7 Å². The van der Waals surface area contributed by atoms with E-state index in [0.29, 0.717) is 11.6 Å². The Morgan fingerprint density at radius 2 is 1.88 bits per heavy atom. The van der Waals surface area contributed by atoms with Gasteiger partial charge in [0.1, 0.15) is 5.82 Å². The van der Waals surface area contributed by atoms with Gasteiger partial charge in [-0.05, 0) is 48.1 Å². The van der Waals surface area contributed by atoms with Crippen LogP contribution in [0.1, 0.15) is 65.4 Å². The number of nitrogens with zero attached hydrogens (tertiary/aromatic N) is 2. The number of aliphatic hydroxyl groups is 1. The molecule has 0 aliphatic heterocycles. The van der Waals surface area contributed by atoms with Gasteiger partial charge in [-0.3, -0.25) is 4.79 Å². The van der Waals surface area contributed by atoms with E-state index >= 15 is 0 Å². The van der Waals surface area contributed by atoms with Gasteiger partial charge in [-0.2, -0.15) is 0 Å². The number of aliphatic hydroxyl groups excluding tert-OH is 1.